The van der Waals surface area contributed by atoms with E-state index < -0.39 is 0 Å². The first-order chi connectivity index (χ1) is 8.87. The van der Waals surface area contributed by atoms with Gasteiger partial charge in [-0.1, -0.05) is 19.9 Å². The normalized spacial score (nSPS) is 18.2. The van der Waals surface area contributed by atoms with Gasteiger partial charge in [0.05, 0.1) is 14.2 Å². The van der Waals surface area contributed by atoms with Gasteiger partial charge in [-0.2, -0.15) is 0 Å². The fourth-order valence-electron chi connectivity index (χ4n) is 2.15. The predicted octanol–water partition coefficient (Wildman–Crippen LogP) is 3.48. The molecule has 1 aliphatic carbocycles. The molecule has 0 saturated heterocycles. The quantitative estimate of drug-likeness (QED) is 0.709. The second-order valence-electron chi connectivity index (χ2n) is 5.33. The van der Waals surface area contributed by atoms with Crippen molar-refractivity contribution in [3.8, 4) is 0 Å². The molecule has 0 N–H and O–H groups in total. The molecule has 0 bridgehead atoms. The zero-order valence-electron chi connectivity index (χ0n) is 12.9. The number of nitrogens with zero attached hydrogens (tertiary/aromatic N) is 1. The lowest BCUT2D eigenvalue weighted by molar-refractivity contribution is 0.216. The number of ether oxygens (including phenoxy) is 2. The Hall–Kier alpha value is -1.64. The van der Waals surface area contributed by atoms with Crippen molar-refractivity contribution >= 4 is 0 Å². The molecule has 0 heterocycles. The van der Waals surface area contributed by atoms with E-state index in [1.165, 1.54) is 5.57 Å². The minimum atomic E-state index is -0.0904. The third kappa shape index (κ3) is 3.22. The first kappa shape index (κ1) is 15.4. The first-order valence-electron chi connectivity index (χ1n) is 6.43. The molecule has 0 aromatic heterocycles. The molecule has 3 heteroatoms. The molecule has 0 fully saturated rings. The number of methoxy groups -OCH3 is 2. The molecule has 1 aliphatic rings. The van der Waals surface area contributed by atoms with Crippen molar-refractivity contribution in [3.05, 3.63) is 47.6 Å². The molecule has 0 atom stereocenters. The molecular weight excluding hydrogens is 238 g/mol. The molecule has 19 heavy (non-hydrogen) atoms. The van der Waals surface area contributed by atoms with Crippen LogP contribution in [0, 0.1) is 5.41 Å². The van der Waals surface area contributed by atoms with Gasteiger partial charge in [-0.3, -0.25) is 0 Å². The summed E-state index contributed by atoms with van der Waals surface area (Å²) in [5.74, 6) is 1.52. The third-order valence-electron chi connectivity index (χ3n) is 3.61. The monoisotopic (exact) mass is 263 g/mol. The van der Waals surface area contributed by atoms with Crippen molar-refractivity contribution < 1.29 is 9.47 Å². The largest absolute Gasteiger partial charge is 0.493 e. The van der Waals surface area contributed by atoms with E-state index in [1.54, 1.807) is 14.2 Å². The van der Waals surface area contributed by atoms with Gasteiger partial charge in [0.2, 0.25) is 0 Å². The molecule has 0 saturated carbocycles. The molecule has 0 aromatic rings. The van der Waals surface area contributed by atoms with Gasteiger partial charge in [-0.25, -0.2) is 0 Å². The Morgan fingerprint density at radius 1 is 1.26 bits per heavy atom. The maximum absolute atomic E-state index is 5.46. The van der Waals surface area contributed by atoms with E-state index in [-0.39, 0.29) is 5.41 Å². The van der Waals surface area contributed by atoms with Crippen LogP contribution in [-0.2, 0) is 9.47 Å². The molecule has 0 unspecified atom stereocenters. The lowest BCUT2D eigenvalue weighted by Crippen LogP contribution is -2.21. The van der Waals surface area contributed by atoms with Gasteiger partial charge in [0, 0.05) is 30.8 Å². The first-order valence-corrected chi connectivity index (χ1v) is 6.43. The van der Waals surface area contributed by atoms with Gasteiger partial charge in [-0.15, -0.1) is 6.58 Å². The van der Waals surface area contributed by atoms with Crippen molar-refractivity contribution in [2.45, 2.75) is 20.8 Å². The van der Waals surface area contributed by atoms with E-state index in [0.29, 0.717) is 0 Å². The Balaban J connectivity index is 3.38. The highest BCUT2D eigenvalue weighted by Gasteiger charge is 2.27. The van der Waals surface area contributed by atoms with Crippen LogP contribution in [0.4, 0.5) is 0 Å². The van der Waals surface area contributed by atoms with Crippen LogP contribution in [0.2, 0.25) is 0 Å². The van der Waals surface area contributed by atoms with Crippen LogP contribution in [0.5, 0.6) is 0 Å². The molecule has 0 aromatic carbocycles. The SMILES string of the molecule is C=CCN(C)C1=C(C)C(C)(C)C=C(OC)C(OC)=C1. The van der Waals surface area contributed by atoms with Gasteiger partial charge < -0.3 is 14.4 Å². The summed E-state index contributed by atoms with van der Waals surface area (Å²) in [6, 6.07) is 0. The van der Waals surface area contributed by atoms with Crippen molar-refractivity contribution in [2.75, 3.05) is 27.8 Å². The Kier molecular flexibility index (Phi) is 4.87. The zero-order valence-corrected chi connectivity index (χ0v) is 12.9. The van der Waals surface area contributed by atoms with Crippen LogP contribution < -0.4 is 0 Å². The Labute approximate surface area is 116 Å². The van der Waals surface area contributed by atoms with Gasteiger partial charge in [0.15, 0.2) is 11.5 Å². The molecule has 3 nitrogen and oxygen atoms in total. The Morgan fingerprint density at radius 2 is 1.84 bits per heavy atom. The molecule has 106 valence electrons. The molecule has 0 spiro atoms. The van der Waals surface area contributed by atoms with E-state index >= 15 is 0 Å². The van der Waals surface area contributed by atoms with Crippen LogP contribution >= 0.6 is 0 Å². The van der Waals surface area contributed by atoms with Crippen LogP contribution in [0.1, 0.15) is 20.8 Å². The number of hydrogen-bond acceptors (Lipinski definition) is 3. The highest BCUT2D eigenvalue weighted by Crippen LogP contribution is 2.37. The molecule has 0 amide bonds. The summed E-state index contributed by atoms with van der Waals surface area (Å²) in [4.78, 5) is 2.16. The highest BCUT2D eigenvalue weighted by atomic mass is 16.5. The Morgan fingerprint density at radius 3 is 2.32 bits per heavy atom. The lowest BCUT2D eigenvalue weighted by Gasteiger charge is -2.27. The van der Waals surface area contributed by atoms with Crippen LogP contribution in [-0.4, -0.2) is 32.7 Å². The van der Waals surface area contributed by atoms with Crippen LogP contribution in [0.15, 0.2) is 47.6 Å². The summed E-state index contributed by atoms with van der Waals surface area (Å²) in [5.41, 5.74) is 2.33. The number of hydrogen-bond donors (Lipinski definition) is 0. The number of rotatable bonds is 5. The maximum atomic E-state index is 5.46. The minimum Gasteiger partial charge on any atom is -0.493 e. The predicted molar refractivity (Wildman–Crippen MR) is 79.5 cm³/mol. The minimum absolute atomic E-state index is 0.0904. The van der Waals surface area contributed by atoms with Crippen molar-refractivity contribution in [2.24, 2.45) is 5.41 Å². The average molecular weight is 263 g/mol. The second kappa shape index (κ2) is 6.00. The van der Waals surface area contributed by atoms with Crippen LogP contribution in [0.3, 0.4) is 0 Å². The van der Waals surface area contributed by atoms with Crippen molar-refractivity contribution in [1.82, 2.24) is 4.90 Å². The molecular formula is C16H25NO2. The maximum Gasteiger partial charge on any atom is 0.162 e. The number of allylic oxidation sites excluding steroid dienone is 3. The van der Waals surface area contributed by atoms with E-state index in [1.807, 2.05) is 12.2 Å². The summed E-state index contributed by atoms with van der Waals surface area (Å²) in [7, 11) is 5.39. The van der Waals surface area contributed by atoms with Gasteiger partial charge in [-0.05, 0) is 18.6 Å². The van der Waals surface area contributed by atoms with Crippen LogP contribution in [0.25, 0.3) is 0 Å². The van der Waals surface area contributed by atoms with Gasteiger partial charge in [0.1, 0.15) is 0 Å². The topological polar surface area (TPSA) is 21.7 Å². The van der Waals surface area contributed by atoms with Crippen molar-refractivity contribution in [3.63, 3.8) is 0 Å². The standard InChI is InChI=1S/C16H25NO2/c1-8-9-17(5)13-10-14(18-6)15(19-7)11-16(3,4)12(13)2/h8,10-11H,1,9H2,2-7H3. The van der Waals surface area contributed by atoms with E-state index in [9.17, 15) is 0 Å². The average Bonchev–Trinajstić information content (AvgIpc) is 2.46. The smallest absolute Gasteiger partial charge is 0.162 e. The summed E-state index contributed by atoms with van der Waals surface area (Å²) >= 11 is 0. The Bertz CT molecular complexity index is 442. The summed E-state index contributed by atoms with van der Waals surface area (Å²) in [5, 5.41) is 0. The van der Waals surface area contributed by atoms with E-state index in [0.717, 1.165) is 23.8 Å². The molecule has 0 radical (unpaired) electrons. The highest BCUT2D eigenvalue weighted by molar-refractivity contribution is 5.41. The second-order valence-corrected chi connectivity index (χ2v) is 5.33. The summed E-state index contributed by atoms with van der Waals surface area (Å²) in [6.07, 6.45) is 6.03. The van der Waals surface area contributed by atoms with E-state index in [4.69, 9.17) is 9.47 Å². The summed E-state index contributed by atoms with van der Waals surface area (Å²) < 4.78 is 10.9. The van der Waals surface area contributed by atoms with Gasteiger partial charge >= 0.3 is 0 Å². The fourth-order valence-corrected chi connectivity index (χ4v) is 2.15. The zero-order chi connectivity index (χ0) is 14.6. The lowest BCUT2D eigenvalue weighted by atomic mass is 9.84. The van der Waals surface area contributed by atoms with E-state index in [2.05, 4.69) is 45.4 Å². The fraction of sp³-hybridized carbons (Fsp3) is 0.500. The van der Waals surface area contributed by atoms with Crippen molar-refractivity contribution in [1.29, 1.82) is 0 Å². The third-order valence-corrected chi connectivity index (χ3v) is 3.61. The summed E-state index contributed by atoms with van der Waals surface area (Å²) in [6.45, 7) is 11.1. The molecule has 0 aliphatic heterocycles. The molecule has 1 rings (SSSR count). The number of likely N-dealkylation sites (N-methyl/N-ethyl adjacent to an activating group) is 1. The van der Waals surface area contributed by atoms with Gasteiger partial charge in [0.25, 0.3) is 0 Å².